The van der Waals surface area contributed by atoms with Crippen molar-refractivity contribution in [3.05, 3.63) is 35.4 Å². The molecule has 1 aromatic carbocycles. The van der Waals surface area contributed by atoms with Crippen molar-refractivity contribution < 1.29 is 26.4 Å². The van der Waals surface area contributed by atoms with Crippen LogP contribution >= 0.6 is 11.6 Å². The van der Waals surface area contributed by atoms with Crippen LogP contribution in [-0.2, 0) is 14.9 Å². The maximum atomic E-state index is 12.5. The third-order valence-corrected chi connectivity index (χ3v) is 4.84. The summed E-state index contributed by atoms with van der Waals surface area (Å²) in [5.74, 6) is 0. The van der Waals surface area contributed by atoms with Gasteiger partial charge in [0.2, 0.25) is 0 Å². The fourth-order valence-corrected chi connectivity index (χ4v) is 3.03. The minimum absolute atomic E-state index is 0.0174. The first-order chi connectivity index (χ1) is 11.1. The van der Waals surface area contributed by atoms with E-state index in [9.17, 15) is 21.6 Å². The summed E-state index contributed by atoms with van der Waals surface area (Å²) in [4.78, 5) is 5.42. The van der Waals surface area contributed by atoms with Gasteiger partial charge in [-0.05, 0) is 31.0 Å². The van der Waals surface area contributed by atoms with Gasteiger partial charge >= 0.3 is 15.5 Å². The van der Waals surface area contributed by atoms with E-state index in [1.54, 1.807) is 0 Å². The molecule has 1 aromatic rings. The minimum atomic E-state index is -5.55. The lowest BCUT2D eigenvalue weighted by atomic mass is 10.1. The van der Waals surface area contributed by atoms with Gasteiger partial charge in [-0.3, -0.25) is 15.0 Å². The topological polar surface area (TPSA) is 67.4 Å². The fraction of sp³-hybridized carbons (Fsp3) is 0.429. The molecule has 2 N–H and O–H groups in total. The highest BCUT2D eigenvalue weighted by Gasteiger charge is 2.46. The molecule has 0 aliphatic heterocycles. The third kappa shape index (κ3) is 4.55. The lowest BCUT2D eigenvalue weighted by molar-refractivity contribution is -0.0429. The van der Waals surface area contributed by atoms with Crippen LogP contribution in [0.15, 0.2) is 24.8 Å². The number of rotatable bonds is 6. The Bertz CT molecular complexity index is 716. The maximum absolute atomic E-state index is 12.5. The summed E-state index contributed by atoms with van der Waals surface area (Å²) < 4.78 is 61.7. The van der Waals surface area contributed by atoms with Crippen LogP contribution in [0.25, 0.3) is 5.70 Å². The Morgan fingerprint density at radius 1 is 1.29 bits per heavy atom. The summed E-state index contributed by atoms with van der Waals surface area (Å²) in [6, 6.07) is 3.69. The molecule has 0 saturated heterocycles. The van der Waals surface area contributed by atoms with Crippen LogP contribution in [0, 0.1) is 0 Å². The molecular formula is C14H16ClF3N2O3S. The van der Waals surface area contributed by atoms with Gasteiger partial charge in [0.15, 0.2) is 0 Å². The first-order valence-corrected chi connectivity index (χ1v) is 8.96. The van der Waals surface area contributed by atoms with Crippen molar-refractivity contribution >= 4 is 33.0 Å². The van der Waals surface area contributed by atoms with E-state index >= 15 is 0 Å². The van der Waals surface area contributed by atoms with Gasteiger partial charge < -0.3 is 0 Å². The van der Waals surface area contributed by atoms with Crippen molar-refractivity contribution in [3.8, 4) is 0 Å². The molecule has 5 nitrogen and oxygen atoms in total. The highest BCUT2D eigenvalue weighted by molar-refractivity contribution is 7.93. The minimum Gasteiger partial charge on any atom is -0.275 e. The average Bonchev–Trinajstić information content (AvgIpc) is 2.98. The standard InChI is InChI=1S/C14H16ClF3N2O3S/c1-9(19-23-11-4-2-3-5-11)12-8-10(15)6-7-13(12)20-24(21,22)14(16,17)18/h6-8,11,19-20H,1-5H2. The van der Waals surface area contributed by atoms with E-state index in [0.717, 1.165) is 31.7 Å². The van der Waals surface area contributed by atoms with Gasteiger partial charge in [0.1, 0.15) is 0 Å². The molecule has 0 atom stereocenters. The van der Waals surface area contributed by atoms with Crippen LogP contribution in [0.2, 0.25) is 5.02 Å². The van der Waals surface area contributed by atoms with E-state index in [-0.39, 0.29) is 28.1 Å². The number of anilines is 1. The zero-order valence-electron chi connectivity index (χ0n) is 12.5. The molecule has 10 heteroatoms. The molecule has 0 unspecified atom stereocenters. The molecular weight excluding hydrogens is 369 g/mol. The second kappa shape index (κ2) is 7.20. The largest absolute Gasteiger partial charge is 0.516 e. The Balaban J connectivity index is 2.19. The molecule has 0 bridgehead atoms. The normalized spacial score (nSPS) is 16.2. The van der Waals surface area contributed by atoms with Crippen LogP contribution in [0.4, 0.5) is 18.9 Å². The van der Waals surface area contributed by atoms with Crippen molar-refractivity contribution in [1.82, 2.24) is 5.48 Å². The van der Waals surface area contributed by atoms with Crippen molar-refractivity contribution in [1.29, 1.82) is 0 Å². The van der Waals surface area contributed by atoms with Crippen molar-refractivity contribution in [2.75, 3.05) is 4.72 Å². The van der Waals surface area contributed by atoms with Gasteiger partial charge in [0.25, 0.3) is 0 Å². The molecule has 0 aromatic heterocycles. The summed E-state index contributed by atoms with van der Waals surface area (Å²) in [7, 11) is -5.55. The van der Waals surface area contributed by atoms with Crippen molar-refractivity contribution in [2.24, 2.45) is 0 Å². The van der Waals surface area contributed by atoms with E-state index in [4.69, 9.17) is 16.4 Å². The molecule has 1 saturated carbocycles. The van der Waals surface area contributed by atoms with E-state index in [0.29, 0.717) is 0 Å². The van der Waals surface area contributed by atoms with E-state index in [1.165, 1.54) is 16.9 Å². The van der Waals surface area contributed by atoms with Gasteiger partial charge in [-0.2, -0.15) is 21.6 Å². The first-order valence-electron chi connectivity index (χ1n) is 7.10. The van der Waals surface area contributed by atoms with Crippen LogP contribution < -0.4 is 10.2 Å². The van der Waals surface area contributed by atoms with Crippen LogP contribution in [-0.4, -0.2) is 20.0 Å². The number of hydroxylamine groups is 1. The molecule has 1 aliphatic rings. The summed E-state index contributed by atoms with van der Waals surface area (Å²) >= 11 is 5.84. The number of nitrogens with one attached hydrogen (secondary N) is 2. The second-order valence-corrected chi connectivity index (χ2v) is 7.46. The number of hydrogen-bond donors (Lipinski definition) is 2. The molecule has 1 aliphatic carbocycles. The Labute approximate surface area is 142 Å². The fourth-order valence-electron chi connectivity index (χ4n) is 2.27. The first kappa shape index (κ1) is 18.9. The van der Waals surface area contributed by atoms with Crippen LogP contribution in [0.1, 0.15) is 31.2 Å². The third-order valence-electron chi connectivity index (χ3n) is 3.51. The molecule has 0 radical (unpaired) electrons. The summed E-state index contributed by atoms with van der Waals surface area (Å²) in [5, 5.41) is 0.212. The van der Waals surface area contributed by atoms with Crippen molar-refractivity contribution in [3.63, 3.8) is 0 Å². The van der Waals surface area contributed by atoms with Crippen molar-refractivity contribution in [2.45, 2.75) is 37.3 Å². The van der Waals surface area contributed by atoms with Gasteiger partial charge in [-0.25, -0.2) is 0 Å². The zero-order chi connectivity index (χ0) is 18.0. The number of alkyl halides is 3. The highest BCUT2D eigenvalue weighted by Crippen LogP contribution is 2.31. The summed E-state index contributed by atoms with van der Waals surface area (Å²) in [6.07, 6.45) is 3.78. The second-order valence-electron chi connectivity index (χ2n) is 5.35. The molecule has 134 valence electrons. The number of hydrogen-bond acceptors (Lipinski definition) is 4. The Hall–Kier alpha value is -1.45. The quantitative estimate of drug-likeness (QED) is 0.726. The SMILES string of the molecule is C=C(NOC1CCCC1)c1cc(Cl)ccc1NS(=O)(=O)C(F)(F)F. The highest BCUT2D eigenvalue weighted by atomic mass is 35.5. The average molecular weight is 385 g/mol. The smallest absolute Gasteiger partial charge is 0.275 e. The predicted octanol–water partition coefficient (Wildman–Crippen LogP) is 4.04. The summed E-state index contributed by atoms with van der Waals surface area (Å²) in [6.45, 7) is 3.67. The molecule has 24 heavy (non-hydrogen) atoms. The molecule has 0 heterocycles. The maximum Gasteiger partial charge on any atom is 0.516 e. The van der Waals surface area contributed by atoms with Gasteiger partial charge in [0.05, 0.1) is 17.5 Å². The van der Waals surface area contributed by atoms with E-state index in [2.05, 4.69) is 12.1 Å². The van der Waals surface area contributed by atoms with Gasteiger partial charge in [-0.1, -0.05) is 31.0 Å². The van der Waals surface area contributed by atoms with Crippen LogP contribution in [0.5, 0.6) is 0 Å². The van der Waals surface area contributed by atoms with Gasteiger partial charge in [-0.15, -0.1) is 0 Å². The van der Waals surface area contributed by atoms with E-state index < -0.39 is 15.5 Å². The molecule has 1 fully saturated rings. The number of halogens is 4. The summed E-state index contributed by atoms with van der Waals surface area (Å²) in [5.41, 5.74) is -3.00. The molecule has 2 rings (SSSR count). The molecule has 0 spiro atoms. The zero-order valence-corrected chi connectivity index (χ0v) is 14.1. The van der Waals surface area contributed by atoms with Crippen LogP contribution in [0.3, 0.4) is 0 Å². The monoisotopic (exact) mass is 384 g/mol. The lowest BCUT2D eigenvalue weighted by Gasteiger charge is -2.18. The Morgan fingerprint density at radius 3 is 2.50 bits per heavy atom. The van der Waals surface area contributed by atoms with Gasteiger partial charge in [0, 0.05) is 10.6 Å². The Morgan fingerprint density at radius 2 is 1.92 bits per heavy atom. The number of benzene rings is 1. The lowest BCUT2D eigenvalue weighted by Crippen LogP contribution is -2.30. The van der Waals surface area contributed by atoms with E-state index in [1.807, 2.05) is 0 Å². The Kier molecular flexibility index (Phi) is 5.67. The predicted molar refractivity (Wildman–Crippen MR) is 85.6 cm³/mol. The number of sulfonamides is 1. The molecule has 0 amide bonds.